The van der Waals surface area contributed by atoms with Crippen molar-refractivity contribution in [2.75, 3.05) is 0 Å². The minimum absolute atomic E-state index is 0.102. The van der Waals surface area contributed by atoms with Crippen LogP contribution in [0.1, 0.15) is 37.8 Å². The van der Waals surface area contributed by atoms with Crippen LogP contribution < -0.4 is 10.6 Å². The zero-order valence-corrected chi connectivity index (χ0v) is 27.0. The number of rotatable bonds is 4. The number of fused-ring (bicyclic) bond motifs is 6. The van der Waals surface area contributed by atoms with Crippen molar-refractivity contribution in [2.24, 2.45) is 0 Å². The van der Waals surface area contributed by atoms with Crippen molar-refractivity contribution < 1.29 is 0 Å². The molecule has 0 bridgehead atoms. The Bertz CT molecular complexity index is 2440. The molecule has 7 aromatic rings. The summed E-state index contributed by atoms with van der Waals surface area (Å²) in [5.41, 5.74) is 10.2. The summed E-state index contributed by atoms with van der Waals surface area (Å²) in [7, 11) is 0. The van der Waals surface area contributed by atoms with Crippen molar-refractivity contribution in [1.82, 2.24) is 19.5 Å². The van der Waals surface area contributed by atoms with Crippen LogP contribution in [0.15, 0.2) is 115 Å². The molecule has 2 aliphatic rings. The predicted molar refractivity (Wildman–Crippen MR) is 193 cm³/mol. The molecule has 0 fully saturated rings. The molecule has 5 aromatic carbocycles. The molecule has 9 rings (SSSR count). The molecule has 47 heavy (non-hydrogen) atoms. The van der Waals surface area contributed by atoms with E-state index in [4.69, 9.17) is 26.6 Å². The second-order valence-corrected chi connectivity index (χ2v) is 13.4. The topological polar surface area (TPSA) is 43.6 Å². The third kappa shape index (κ3) is 4.47. The van der Waals surface area contributed by atoms with Gasteiger partial charge in [0, 0.05) is 48.8 Å². The molecule has 5 heteroatoms. The average Bonchev–Trinajstić information content (AvgIpc) is 3.56. The maximum Gasteiger partial charge on any atom is 0.164 e. The number of hydrogen-bond donors (Lipinski definition) is 0. The first-order valence-electron chi connectivity index (χ1n) is 16.1. The van der Waals surface area contributed by atoms with E-state index in [9.17, 15) is 0 Å². The smallest absolute Gasteiger partial charge is 0.164 e. The Morgan fingerprint density at radius 2 is 1.21 bits per heavy atom. The number of benzene rings is 5. The largest absolute Gasteiger partial charge is 0.309 e. The van der Waals surface area contributed by atoms with E-state index < -0.39 is 0 Å². The zero-order chi connectivity index (χ0) is 31.7. The van der Waals surface area contributed by atoms with Crippen molar-refractivity contribution in [3.05, 3.63) is 142 Å². The SMILES string of the molecule is CC1(C)c2ccccc2-c2cc3c4c(n(-c5cc(Cl)cc(-c6nc(-c7ccccc7)nc(-c7ccccc7)n6)c5)c3cc21)=CCCC=4. The number of nitrogens with zero attached hydrogens (tertiary/aromatic N) is 4. The van der Waals surface area contributed by atoms with Crippen LogP contribution in [0, 0.1) is 0 Å². The van der Waals surface area contributed by atoms with Gasteiger partial charge in [0.25, 0.3) is 0 Å². The van der Waals surface area contributed by atoms with E-state index in [-0.39, 0.29) is 5.41 Å². The summed E-state index contributed by atoms with van der Waals surface area (Å²) in [6.45, 7) is 4.67. The van der Waals surface area contributed by atoms with Crippen LogP contribution in [0.4, 0.5) is 0 Å². The van der Waals surface area contributed by atoms with Crippen LogP contribution in [-0.2, 0) is 5.41 Å². The summed E-state index contributed by atoms with van der Waals surface area (Å²) < 4.78 is 2.38. The molecule has 2 aliphatic carbocycles. The minimum atomic E-state index is -0.102. The van der Waals surface area contributed by atoms with Gasteiger partial charge in [-0.3, -0.25) is 0 Å². The average molecular weight is 627 g/mol. The molecule has 0 saturated heterocycles. The lowest BCUT2D eigenvalue weighted by Crippen LogP contribution is -2.30. The van der Waals surface area contributed by atoms with Crippen LogP contribution in [0.2, 0.25) is 5.02 Å². The van der Waals surface area contributed by atoms with Crippen LogP contribution in [-0.4, -0.2) is 19.5 Å². The Balaban J connectivity index is 1.28. The van der Waals surface area contributed by atoms with E-state index >= 15 is 0 Å². The molecular weight excluding hydrogens is 596 g/mol. The molecule has 226 valence electrons. The van der Waals surface area contributed by atoms with Gasteiger partial charge in [-0.15, -0.1) is 0 Å². The lowest BCUT2D eigenvalue weighted by atomic mass is 9.82. The second kappa shape index (κ2) is 10.6. The van der Waals surface area contributed by atoms with E-state index in [0.29, 0.717) is 22.5 Å². The van der Waals surface area contributed by atoms with Gasteiger partial charge in [-0.25, -0.2) is 15.0 Å². The Kier molecular flexibility index (Phi) is 6.31. The summed E-state index contributed by atoms with van der Waals surface area (Å²) >= 11 is 6.96. The molecule has 0 atom stereocenters. The molecule has 0 radical (unpaired) electrons. The highest BCUT2D eigenvalue weighted by Gasteiger charge is 2.36. The fourth-order valence-electron chi connectivity index (χ4n) is 7.44. The maximum absolute atomic E-state index is 6.96. The first-order chi connectivity index (χ1) is 23.0. The molecular formula is C42H31ClN4. The summed E-state index contributed by atoms with van der Waals surface area (Å²) in [6, 6.07) is 40.0. The molecule has 2 heterocycles. The molecule has 0 spiro atoms. The van der Waals surface area contributed by atoms with Gasteiger partial charge >= 0.3 is 0 Å². The minimum Gasteiger partial charge on any atom is -0.309 e. The lowest BCUT2D eigenvalue weighted by molar-refractivity contribution is 0.661. The predicted octanol–water partition coefficient (Wildman–Crippen LogP) is 9.13. The van der Waals surface area contributed by atoms with Gasteiger partial charge in [0.05, 0.1) is 5.52 Å². The zero-order valence-electron chi connectivity index (χ0n) is 26.2. The Hall–Kier alpha value is -5.32. The monoisotopic (exact) mass is 626 g/mol. The highest BCUT2D eigenvalue weighted by Crippen LogP contribution is 2.49. The fourth-order valence-corrected chi connectivity index (χ4v) is 7.67. The molecule has 2 aromatic heterocycles. The van der Waals surface area contributed by atoms with Crippen molar-refractivity contribution in [3.8, 4) is 51.0 Å². The van der Waals surface area contributed by atoms with E-state index in [1.807, 2.05) is 66.7 Å². The first-order valence-corrected chi connectivity index (χ1v) is 16.5. The molecule has 0 unspecified atom stereocenters. The number of hydrogen-bond acceptors (Lipinski definition) is 3. The van der Waals surface area contributed by atoms with Gasteiger partial charge in [0.1, 0.15) is 0 Å². The number of halogens is 1. The van der Waals surface area contributed by atoms with Crippen molar-refractivity contribution >= 4 is 34.7 Å². The highest BCUT2D eigenvalue weighted by atomic mass is 35.5. The van der Waals surface area contributed by atoms with Gasteiger partial charge in [0.2, 0.25) is 0 Å². The highest BCUT2D eigenvalue weighted by molar-refractivity contribution is 6.31. The Morgan fingerprint density at radius 1 is 0.596 bits per heavy atom. The first kappa shape index (κ1) is 27.9. The van der Waals surface area contributed by atoms with Gasteiger partial charge in [-0.05, 0) is 65.4 Å². The standard InChI is InChI=1S/C42H31ClN4/c1-42(2)35-19-11-9-17-31(35)33-24-34-32-18-10-12-20-37(32)47(38(34)25-36(33)42)30-22-28(21-29(43)23-30)41-45-39(26-13-5-3-6-14-26)44-40(46-41)27-15-7-4-8-16-27/h3-9,11,13-25H,10,12H2,1-2H3. The molecule has 4 nitrogen and oxygen atoms in total. The maximum atomic E-state index is 6.96. The van der Waals surface area contributed by atoms with Crippen molar-refractivity contribution in [1.29, 1.82) is 0 Å². The van der Waals surface area contributed by atoms with Crippen LogP contribution in [0.25, 0.3) is 74.0 Å². The van der Waals surface area contributed by atoms with Crippen LogP contribution >= 0.6 is 11.6 Å². The molecule has 0 aliphatic heterocycles. The quantitative estimate of drug-likeness (QED) is 0.196. The van der Waals surface area contributed by atoms with Crippen molar-refractivity contribution in [3.63, 3.8) is 0 Å². The third-order valence-electron chi connectivity index (χ3n) is 9.70. The fraction of sp³-hybridized carbons (Fsp3) is 0.119. The molecule has 0 saturated carbocycles. The van der Waals surface area contributed by atoms with E-state index in [0.717, 1.165) is 35.2 Å². The van der Waals surface area contributed by atoms with Gasteiger partial charge in [-0.1, -0.05) is 123 Å². The molecule has 0 N–H and O–H groups in total. The summed E-state index contributed by atoms with van der Waals surface area (Å²) in [6.07, 6.45) is 6.78. The van der Waals surface area contributed by atoms with Crippen molar-refractivity contribution in [2.45, 2.75) is 32.1 Å². The van der Waals surface area contributed by atoms with E-state index in [1.165, 1.54) is 43.7 Å². The summed E-state index contributed by atoms with van der Waals surface area (Å²) in [5, 5.41) is 4.39. The summed E-state index contributed by atoms with van der Waals surface area (Å²) in [5.74, 6) is 1.83. The van der Waals surface area contributed by atoms with E-state index in [1.54, 1.807) is 0 Å². The third-order valence-corrected chi connectivity index (χ3v) is 9.92. The van der Waals surface area contributed by atoms with Gasteiger partial charge in [0.15, 0.2) is 17.5 Å². The van der Waals surface area contributed by atoms with Crippen LogP contribution in [0.5, 0.6) is 0 Å². The summed E-state index contributed by atoms with van der Waals surface area (Å²) in [4.78, 5) is 14.9. The van der Waals surface area contributed by atoms with Gasteiger partial charge in [-0.2, -0.15) is 0 Å². The Labute approximate surface area is 278 Å². The lowest BCUT2D eigenvalue weighted by Gasteiger charge is -2.21. The Morgan fingerprint density at radius 3 is 1.91 bits per heavy atom. The van der Waals surface area contributed by atoms with Crippen LogP contribution in [0.3, 0.4) is 0 Å². The number of aromatic nitrogens is 4. The van der Waals surface area contributed by atoms with Gasteiger partial charge < -0.3 is 4.57 Å². The van der Waals surface area contributed by atoms with E-state index in [2.05, 4.69) is 79.1 Å². The second-order valence-electron chi connectivity index (χ2n) is 12.9. The molecule has 0 amide bonds. The normalized spacial score (nSPS) is 14.2.